The van der Waals surface area contributed by atoms with Gasteiger partial charge in [0.05, 0.1) is 0 Å². The standard InChI is InChI=1S/C20H21NO4/c1-3-24-20(25-4-2)17(15-11-7-5-8-12-15)21(19(20)23)18(22)16-13-9-6-10-14-16/h5-14,17H,3-4H2,1-2H3. The van der Waals surface area contributed by atoms with Gasteiger partial charge < -0.3 is 9.47 Å². The zero-order valence-corrected chi connectivity index (χ0v) is 14.3. The minimum atomic E-state index is -1.45. The van der Waals surface area contributed by atoms with Crippen molar-refractivity contribution < 1.29 is 19.1 Å². The van der Waals surface area contributed by atoms with Crippen LogP contribution in [0.4, 0.5) is 0 Å². The third-order valence-electron chi connectivity index (χ3n) is 4.21. The van der Waals surface area contributed by atoms with Crippen LogP contribution in [-0.2, 0) is 14.3 Å². The Morgan fingerprint density at radius 2 is 1.48 bits per heavy atom. The number of hydrogen-bond acceptors (Lipinski definition) is 4. The molecule has 2 amide bonds. The lowest BCUT2D eigenvalue weighted by molar-refractivity contribution is -0.291. The van der Waals surface area contributed by atoms with Crippen LogP contribution in [-0.4, -0.2) is 35.7 Å². The highest BCUT2D eigenvalue weighted by Gasteiger charge is 2.66. The number of carbonyl (C=O) groups is 2. The van der Waals surface area contributed by atoms with Gasteiger partial charge in [-0.1, -0.05) is 48.5 Å². The van der Waals surface area contributed by atoms with Crippen molar-refractivity contribution in [1.82, 2.24) is 4.90 Å². The van der Waals surface area contributed by atoms with E-state index in [2.05, 4.69) is 0 Å². The molecule has 2 aromatic carbocycles. The van der Waals surface area contributed by atoms with Gasteiger partial charge in [-0.15, -0.1) is 0 Å². The van der Waals surface area contributed by atoms with Crippen LogP contribution >= 0.6 is 0 Å². The molecular formula is C20H21NO4. The molecule has 0 bridgehead atoms. The van der Waals surface area contributed by atoms with Gasteiger partial charge >= 0.3 is 0 Å². The van der Waals surface area contributed by atoms with Crippen LogP contribution in [0.5, 0.6) is 0 Å². The maximum Gasteiger partial charge on any atom is 0.293 e. The molecule has 130 valence electrons. The van der Waals surface area contributed by atoms with Gasteiger partial charge in [0.25, 0.3) is 17.6 Å². The summed E-state index contributed by atoms with van der Waals surface area (Å²) in [5, 5.41) is 0. The van der Waals surface area contributed by atoms with Gasteiger partial charge in [-0.3, -0.25) is 14.5 Å². The Labute approximate surface area is 147 Å². The molecule has 1 atom stereocenters. The molecule has 3 rings (SSSR count). The van der Waals surface area contributed by atoms with E-state index in [4.69, 9.17) is 9.47 Å². The zero-order valence-electron chi connectivity index (χ0n) is 14.3. The summed E-state index contributed by atoms with van der Waals surface area (Å²) in [5.74, 6) is -2.26. The van der Waals surface area contributed by atoms with Gasteiger partial charge in [-0.05, 0) is 31.5 Å². The highest BCUT2D eigenvalue weighted by Crippen LogP contribution is 2.47. The number of ether oxygens (including phenoxy) is 2. The Balaban J connectivity index is 2.03. The third kappa shape index (κ3) is 2.86. The van der Waals surface area contributed by atoms with Gasteiger partial charge in [0, 0.05) is 18.8 Å². The lowest BCUT2D eigenvalue weighted by atomic mass is 9.85. The van der Waals surface area contributed by atoms with E-state index in [-0.39, 0.29) is 5.91 Å². The quantitative estimate of drug-likeness (QED) is 0.461. The van der Waals surface area contributed by atoms with Crippen LogP contribution in [0, 0.1) is 0 Å². The first-order valence-electron chi connectivity index (χ1n) is 8.41. The Morgan fingerprint density at radius 1 is 0.960 bits per heavy atom. The first kappa shape index (κ1) is 17.3. The SMILES string of the molecule is CCOC1(OCC)C(=O)N(C(=O)c2ccccc2)C1c1ccccc1. The highest BCUT2D eigenvalue weighted by atomic mass is 16.7. The minimum Gasteiger partial charge on any atom is -0.341 e. The normalized spacial score (nSPS) is 18.7. The molecule has 0 aromatic heterocycles. The first-order chi connectivity index (χ1) is 12.2. The molecule has 0 saturated carbocycles. The van der Waals surface area contributed by atoms with Gasteiger partial charge in [0.2, 0.25) is 0 Å². The molecule has 1 saturated heterocycles. The van der Waals surface area contributed by atoms with E-state index >= 15 is 0 Å². The molecule has 2 aromatic rings. The Kier molecular flexibility index (Phi) is 4.97. The molecule has 5 heteroatoms. The van der Waals surface area contributed by atoms with E-state index in [9.17, 15) is 9.59 Å². The number of hydrogen-bond donors (Lipinski definition) is 0. The van der Waals surface area contributed by atoms with Crippen molar-refractivity contribution in [2.75, 3.05) is 13.2 Å². The summed E-state index contributed by atoms with van der Waals surface area (Å²) in [6, 6.07) is 17.5. The predicted octanol–water partition coefficient (Wildman–Crippen LogP) is 3.18. The van der Waals surface area contributed by atoms with E-state index in [1.54, 1.807) is 38.1 Å². The van der Waals surface area contributed by atoms with Crippen LogP contribution in [0.2, 0.25) is 0 Å². The van der Waals surface area contributed by atoms with Crippen LogP contribution in [0.25, 0.3) is 0 Å². The summed E-state index contributed by atoms with van der Waals surface area (Å²) >= 11 is 0. The number of carbonyl (C=O) groups excluding carboxylic acids is 2. The molecular weight excluding hydrogens is 318 g/mol. The molecule has 1 fully saturated rings. The number of β-lactam (4-membered cyclic amide) rings is 1. The number of rotatable bonds is 6. The zero-order chi connectivity index (χ0) is 17.9. The van der Waals surface area contributed by atoms with Gasteiger partial charge in [-0.2, -0.15) is 0 Å². The summed E-state index contributed by atoms with van der Waals surface area (Å²) in [6.45, 7) is 4.22. The maximum absolute atomic E-state index is 12.9. The maximum atomic E-state index is 12.9. The number of imide groups is 1. The number of nitrogens with zero attached hydrogens (tertiary/aromatic N) is 1. The van der Waals surface area contributed by atoms with E-state index in [0.717, 1.165) is 5.56 Å². The van der Waals surface area contributed by atoms with E-state index < -0.39 is 17.7 Å². The second-order valence-electron chi connectivity index (χ2n) is 5.69. The summed E-state index contributed by atoms with van der Waals surface area (Å²) in [5.41, 5.74) is 1.26. The molecule has 1 aliphatic heterocycles. The lowest BCUT2D eigenvalue weighted by Gasteiger charge is -2.53. The smallest absolute Gasteiger partial charge is 0.293 e. The molecule has 0 spiro atoms. The molecule has 5 nitrogen and oxygen atoms in total. The molecule has 0 aliphatic carbocycles. The van der Waals surface area contributed by atoms with Crippen molar-refractivity contribution in [2.45, 2.75) is 25.7 Å². The average Bonchev–Trinajstić information content (AvgIpc) is 2.66. The minimum absolute atomic E-state index is 0.308. The Hall–Kier alpha value is -2.50. The summed E-state index contributed by atoms with van der Waals surface area (Å²) in [6.07, 6.45) is 0. The fourth-order valence-electron chi connectivity index (χ4n) is 3.19. The number of benzene rings is 2. The van der Waals surface area contributed by atoms with Crippen LogP contribution < -0.4 is 0 Å². The van der Waals surface area contributed by atoms with E-state index in [1.165, 1.54) is 4.90 Å². The number of amides is 2. The van der Waals surface area contributed by atoms with E-state index in [0.29, 0.717) is 18.8 Å². The largest absolute Gasteiger partial charge is 0.341 e. The molecule has 1 aliphatic rings. The topological polar surface area (TPSA) is 55.8 Å². The van der Waals surface area contributed by atoms with Gasteiger partial charge in [-0.25, -0.2) is 0 Å². The fourth-order valence-corrected chi connectivity index (χ4v) is 3.19. The fraction of sp³-hybridized carbons (Fsp3) is 0.300. The van der Waals surface area contributed by atoms with Crippen molar-refractivity contribution in [3.8, 4) is 0 Å². The van der Waals surface area contributed by atoms with Crippen LogP contribution in [0.1, 0.15) is 35.8 Å². The molecule has 1 unspecified atom stereocenters. The predicted molar refractivity (Wildman–Crippen MR) is 92.8 cm³/mol. The number of likely N-dealkylation sites (tertiary alicyclic amines) is 1. The van der Waals surface area contributed by atoms with Gasteiger partial charge in [0.1, 0.15) is 6.04 Å². The van der Waals surface area contributed by atoms with E-state index in [1.807, 2.05) is 36.4 Å². The lowest BCUT2D eigenvalue weighted by Crippen LogP contribution is -2.72. The summed E-state index contributed by atoms with van der Waals surface area (Å²) < 4.78 is 11.5. The van der Waals surface area contributed by atoms with Gasteiger partial charge in [0.15, 0.2) is 0 Å². The molecule has 0 N–H and O–H groups in total. The molecule has 0 radical (unpaired) electrons. The highest BCUT2D eigenvalue weighted by molar-refractivity contribution is 6.11. The monoisotopic (exact) mass is 339 g/mol. The molecule has 1 heterocycles. The second-order valence-corrected chi connectivity index (χ2v) is 5.69. The van der Waals surface area contributed by atoms with Crippen LogP contribution in [0.15, 0.2) is 60.7 Å². The third-order valence-corrected chi connectivity index (χ3v) is 4.21. The van der Waals surface area contributed by atoms with Crippen molar-refractivity contribution in [3.05, 3.63) is 71.8 Å². The Morgan fingerprint density at radius 3 is 2.00 bits per heavy atom. The van der Waals surface area contributed by atoms with Crippen molar-refractivity contribution in [3.63, 3.8) is 0 Å². The van der Waals surface area contributed by atoms with Crippen molar-refractivity contribution in [2.24, 2.45) is 0 Å². The second kappa shape index (κ2) is 7.17. The Bertz CT molecular complexity index is 739. The summed E-state index contributed by atoms with van der Waals surface area (Å²) in [4.78, 5) is 27.1. The average molecular weight is 339 g/mol. The van der Waals surface area contributed by atoms with Crippen molar-refractivity contribution >= 4 is 11.8 Å². The van der Waals surface area contributed by atoms with Crippen LogP contribution in [0.3, 0.4) is 0 Å². The summed E-state index contributed by atoms with van der Waals surface area (Å²) in [7, 11) is 0. The van der Waals surface area contributed by atoms with Crippen molar-refractivity contribution in [1.29, 1.82) is 0 Å². The first-order valence-corrected chi connectivity index (χ1v) is 8.41. The molecule has 25 heavy (non-hydrogen) atoms.